The van der Waals surface area contributed by atoms with Gasteiger partial charge in [-0.1, -0.05) is 39.8 Å². The van der Waals surface area contributed by atoms with E-state index < -0.39 is 11.4 Å². The Hall–Kier alpha value is -1.10. The van der Waals surface area contributed by atoms with Gasteiger partial charge in [-0.3, -0.25) is 0 Å². The molecule has 116 valence electrons. The van der Waals surface area contributed by atoms with Crippen LogP contribution in [0.2, 0.25) is 0 Å². The van der Waals surface area contributed by atoms with Crippen LogP contribution in [0.25, 0.3) is 0 Å². The third-order valence-electron chi connectivity index (χ3n) is 5.08. The molecule has 4 nitrogen and oxygen atoms in total. The molecule has 1 aromatic carbocycles. The largest absolute Gasteiger partial charge is 0.497 e. The number of hydrogen-bond donors (Lipinski definition) is 0. The fraction of sp³-hybridized carbons (Fsp3) is 0.647. The Balaban J connectivity index is 2.13. The molecule has 4 heteroatoms. The highest BCUT2D eigenvalue weighted by atomic mass is 17.3. The zero-order valence-corrected chi connectivity index (χ0v) is 13.4. The van der Waals surface area contributed by atoms with Gasteiger partial charge in [-0.15, -0.1) is 0 Å². The Morgan fingerprint density at radius 1 is 1.19 bits per heavy atom. The molecule has 1 aromatic rings. The molecule has 2 atom stereocenters. The second-order valence-electron chi connectivity index (χ2n) is 6.89. The number of rotatable bonds is 3. The van der Waals surface area contributed by atoms with Gasteiger partial charge in [0, 0.05) is 11.0 Å². The molecule has 2 aliphatic rings. The first-order valence-electron chi connectivity index (χ1n) is 7.55. The van der Waals surface area contributed by atoms with E-state index in [1.807, 2.05) is 24.3 Å². The van der Waals surface area contributed by atoms with Gasteiger partial charge in [-0.2, -0.15) is 4.89 Å². The molecule has 2 heterocycles. The van der Waals surface area contributed by atoms with Gasteiger partial charge >= 0.3 is 0 Å². The van der Waals surface area contributed by atoms with Crippen molar-refractivity contribution in [3.8, 4) is 5.75 Å². The maximum atomic E-state index is 6.15. The molecule has 0 aliphatic carbocycles. The number of fused-ring (bicyclic) bond motifs is 1. The normalized spacial score (nSPS) is 34.2. The summed E-state index contributed by atoms with van der Waals surface area (Å²) < 4.78 is 11.5. The third kappa shape index (κ3) is 1.73. The van der Waals surface area contributed by atoms with Gasteiger partial charge < -0.3 is 9.47 Å². The molecule has 0 N–H and O–H groups in total. The van der Waals surface area contributed by atoms with Crippen LogP contribution in [0.15, 0.2) is 24.3 Å². The van der Waals surface area contributed by atoms with E-state index in [1.165, 1.54) is 0 Å². The minimum absolute atomic E-state index is 0.0409. The molecule has 21 heavy (non-hydrogen) atoms. The van der Waals surface area contributed by atoms with Gasteiger partial charge in [0.1, 0.15) is 5.75 Å². The molecule has 2 aliphatic heterocycles. The molecular weight excluding hydrogens is 268 g/mol. The van der Waals surface area contributed by atoms with Crippen molar-refractivity contribution in [1.29, 1.82) is 0 Å². The smallest absolute Gasteiger partial charge is 0.261 e. The fourth-order valence-corrected chi connectivity index (χ4v) is 3.96. The lowest BCUT2D eigenvalue weighted by Crippen LogP contribution is -2.76. The average molecular weight is 292 g/mol. The summed E-state index contributed by atoms with van der Waals surface area (Å²) in [5, 5.41) is 0. The van der Waals surface area contributed by atoms with Crippen LogP contribution in [0.4, 0.5) is 0 Å². The van der Waals surface area contributed by atoms with E-state index in [9.17, 15) is 0 Å². The van der Waals surface area contributed by atoms with Crippen LogP contribution in [-0.4, -0.2) is 19.3 Å². The van der Waals surface area contributed by atoms with E-state index in [0.29, 0.717) is 6.61 Å². The highest BCUT2D eigenvalue weighted by Gasteiger charge is 2.75. The topological polar surface area (TPSA) is 36.9 Å². The lowest BCUT2D eigenvalue weighted by Gasteiger charge is -2.66. The molecule has 0 bridgehead atoms. The molecule has 0 amide bonds. The minimum Gasteiger partial charge on any atom is -0.497 e. The first kappa shape index (κ1) is 14.8. The first-order valence-corrected chi connectivity index (χ1v) is 7.55. The SMILES string of the molecule is COc1cccc(C23OCCC(C)(C)C2(C(C)C)OO3)c1. The Morgan fingerprint density at radius 2 is 1.95 bits per heavy atom. The van der Waals surface area contributed by atoms with E-state index in [-0.39, 0.29) is 11.3 Å². The Morgan fingerprint density at radius 3 is 2.52 bits per heavy atom. The van der Waals surface area contributed by atoms with E-state index in [2.05, 4.69) is 27.7 Å². The summed E-state index contributed by atoms with van der Waals surface area (Å²) in [7, 11) is 1.66. The summed E-state index contributed by atoms with van der Waals surface area (Å²) in [6.45, 7) is 9.43. The van der Waals surface area contributed by atoms with Gasteiger partial charge in [0.05, 0.1) is 13.7 Å². The van der Waals surface area contributed by atoms with Gasteiger partial charge in [0.2, 0.25) is 0 Å². The maximum absolute atomic E-state index is 6.15. The van der Waals surface area contributed by atoms with E-state index in [1.54, 1.807) is 7.11 Å². The number of methoxy groups -OCH3 is 1. The van der Waals surface area contributed by atoms with Crippen LogP contribution in [0.5, 0.6) is 5.75 Å². The molecule has 0 spiro atoms. The number of hydrogen-bond acceptors (Lipinski definition) is 4. The van der Waals surface area contributed by atoms with Crippen LogP contribution < -0.4 is 4.74 Å². The average Bonchev–Trinajstić information content (AvgIpc) is 2.40. The van der Waals surface area contributed by atoms with Crippen molar-refractivity contribution >= 4 is 0 Å². The second kappa shape index (κ2) is 4.70. The highest BCUT2D eigenvalue weighted by molar-refractivity contribution is 5.36. The molecule has 0 saturated carbocycles. The van der Waals surface area contributed by atoms with Crippen LogP contribution in [0.3, 0.4) is 0 Å². The van der Waals surface area contributed by atoms with Crippen molar-refractivity contribution in [3.05, 3.63) is 29.8 Å². The molecule has 0 aromatic heterocycles. The zero-order chi connectivity index (χ0) is 15.3. The Bertz CT molecular complexity index is 539. The molecule has 3 rings (SSSR count). The van der Waals surface area contributed by atoms with Crippen molar-refractivity contribution in [2.45, 2.75) is 45.5 Å². The summed E-state index contributed by atoms with van der Waals surface area (Å²) >= 11 is 0. The van der Waals surface area contributed by atoms with Crippen molar-refractivity contribution in [2.75, 3.05) is 13.7 Å². The molecule has 0 radical (unpaired) electrons. The summed E-state index contributed by atoms with van der Waals surface area (Å²) in [6, 6.07) is 7.87. The van der Waals surface area contributed by atoms with Crippen molar-refractivity contribution in [2.24, 2.45) is 11.3 Å². The van der Waals surface area contributed by atoms with Crippen molar-refractivity contribution < 1.29 is 19.2 Å². The number of ether oxygens (including phenoxy) is 2. The molecule has 2 saturated heterocycles. The van der Waals surface area contributed by atoms with Gasteiger partial charge in [0.15, 0.2) is 5.60 Å². The molecular formula is C17H24O4. The van der Waals surface area contributed by atoms with Gasteiger partial charge in [-0.05, 0) is 24.5 Å². The van der Waals surface area contributed by atoms with Crippen molar-refractivity contribution in [3.63, 3.8) is 0 Å². The van der Waals surface area contributed by atoms with Crippen LogP contribution in [-0.2, 0) is 20.3 Å². The summed E-state index contributed by atoms with van der Waals surface area (Å²) in [5.41, 5.74) is 0.417. The lowest BCUT2D eigenvalue weighted by molar-refractivity contribution is -0.656. The molecule has 2 unspecified atom stereocenters. The fourth-order valence-electron chi connectivity index (χ4n) is 3.96. The standard InChI is InChI=1S/C17H24O4/c1-12(2)16-15(3,4)9-10-19-17(16,21-20-16)13-7-6-8-14(11-13)18-5/h6-8,11-12H,9-10H2,1-5H3. The summed E-state index contributed by atoms with van der Waals surface area (Å²) in [6.07, 6.45) is 0.945. The van der Waals surface area contributed by atoms with E-state index in [0.717, 1.165) is 17.7 Å². The highest BCUT2D eigenvalue weighted by Crippen LogP contribution is 2.64. The quantitative estimate of drug-likeness (QED) is 0.797. The minimum atomic E-state index is -0.850. The second-order valence-corrected chi connectivity index (χ2v) is 6.89. The van der Waals surface area contributed by atoms with E-state index in [4.69, 9.17) is 19.2 Å². The summed E-state index contributed by atoms with van der Waals surface area (Å²) in [4.78, 5) is 11.4. The Labute approximate surface area is 126 Å². The predicted octanol–water partition coefficient (Wildman–Crippen LogP) is 3.65. The predicted molar refractivity (Wildman–Crippen MR) is 78.8 cm³/mol. The third-order valence-corrected chi connectivity index (χ3v) is 5.08. The lowest BCUT2D eigenvalue weighted by atomic mass is 9.59. The van der Waals surface area contributed by atoms with Gasteiger partial charge in [-0.25, -0.2) is 4.89 Å². The zero-order valence-electron chi connectivity index (χ0n) is 13.4. The van der Waals surface area contributed by atoms with Crippen LogP contribution in [0, 0.1) is 11.3 Å². The Kier molecular flexibility index (Phi) is 3.32. The van der Waals surface area contributed by atoms with Crippen LogP contribution in [0.1, 0.15) is 39.7 Å². The summed E-state index contributed by atoms with van der Waals surface area (Å²) in [5.74, 6) is 0.201. The van der Waals surface area contributed by atoms with Gasteiger partial charge in [0.25, 0.3) is 5.79 Å². The van der Waals surface area contributed by atoms with E-state index >= 15 is 0 Å². The number of benzene rings is 1. The van der Waals surface area contributed by atoms with Crippen LogP contribution >= 0.6 is 0 Å². The first-order chi connectivity index (χ1) is 9.89. The molecule has 2 fully saturated rings. The monoisotopic (exact) mass is 292 g/mol. The maximum Gasteiger partial charge on any atom is 0.261 e. The van der Waals surface area contributed by atoms with Crippen molar-refractivity contribution in [1.82, 2.24) is 0 Å².